The van der Waals surface area contributed by atoms with Crippen molar-refractivity contribution < 1.29 is 29.1 Å². The van der Waals surface area contributed by atoms with Crippen LogP contribution in [0.4, 0.5) is 10.5 Å². The maximum absolute atomic E-state index is 12.6. The monoisotopic (exact) mass is 505 g/mol. The summed E-state index contributed by atoms with van der Waals surface area (Å²) in [5.41, 5.74) is 4.07. The molecule has 0 radical (unpaired) electrons. The van der Waals surface area contributed by atoms with Gasteiger partial charge in [-0.05, 0) is 48.4 Å². The van der Waals surface area contributed by atoms with Crippen LogP contribution in [0.2, 0.25) is 0 Å². The third kappa shape index (κ3) is 8.35. The molecule has 0 bridgehead atoms. The molecule has 1 unspecified atom stereocenters. The maximum atomic E-state index is 12.6. The van der Waals surface area contributed by atoms with Gasteiger partial charge in [0.05, 0.1) is 19.0 Å². The number of benzene rings is 2. The van der Waals surface area contributed by atoms with Crippen molar-refractivity contribution in [3.63, 3.8) is 0 Å². The average Bonchev–Trinajstić information content (AvgIpc) is 2.90. The van der Waals surface area contributed by atoms with Gasteiger partial charge in [-0.25, -0.2) is 4.79 Å². The van der Waals surface area contributed by atoms with Gasteiger partial charge in [-0.3, -0.25) is 19.4 Å². The Morgan fingerprint density at radius 2 is 1.78 bits per heavy atom. The zero-order valence-corrected chi connectivity index (χ0v) is 20.1. The highest BCUT2D eigenvalue weighted by molar-refractivity contribution is 5.98. The van der Waals surface area contributed by atoms with E-state index in [1.807, 2.05) is 13.0 Å². The molecule has 0 saturated carbocycles. The third-order valence-electron chi connectivity index (χ3n) is 5.15. The van der Waals surface area contributed by atoms with Gasteiger partial charge in [0.1, 0.15) is 0 Å². The van der Waals surface area contributed by atoms with Gasteiger partial charge in [-0.15, -0.1) is 0 Å². The molecular formula is C26H27N5O6. The lowest BCUT2D eigenvalue weighted by Crippen LogP contribution is -2.39. The largest absolute Gasteiger partial charge is 0.481 e. The van der Waals surface area contributed by atoms with Gasteiger partial charge < -0.3 is 25.9 Å². The number of para-hydroxylation sites is 1. The van der Waals surface area contributed by atoms with Crippen LogP contribution in [0.3, 0.4) is 0 Å². The summed E-state index contributed by atoms with van der Waals surface area (Å²) in [4.78, 5) is 57.9. The maximum Gasteiger partial charge on any atom is 0.352 e. The Labute approximate surface area is 213 Å². The Bertz CT molecular complexity index is 1250. The number of hydroxylamine groups is 1. The number of carbonyl (C=O) groups excluding carboxylic acids is 3. The zero-order valence-electron chi connectivity index (χ0n) is 20.1. The molecular weight excluding hydrogens is 478 g/mol. The van der Waals surface area contributed by atoms with E-state index in [4.69, 9.17) is 4.84 Å². The number of nitrogens with one attached hydrogen (secondary N) is 4. The standard InChI is InChI=1S/C26H27N5O6/c1-2-21-20(12-7-13-27-21)22(15-24(33)34)30-23(32)16-28-25(35)17-8-6-9-18(14-17)29-26(36)31-37-19-10-4-3-5-11-19/h3-14,22H,2,15-16H2,1H3,(H,28,35)(H,30,32)(H,33,34)(H2,29,31,36). The average molecular weight is 506 g/mol. The molecule has 0 spiro atoms. The first kappa shape index (κ1) is 26.7. The number of carboxylic acid groups (broad SMARTS) is 1. The summed E-state index contributed by atoms with van der Waals surface area (Å²) >= 11 is 0. The van der Waals surface area contributed by atoms with E-state index in [0.29, 0.717) is 29.1 Å². The number of aryl methyl sites for hydroxylation is 1. The minimum Gasteiger partial charge on any atom is -0.481 e. The van der Waals surface area contributed by atoms with Crippen LogP contribution in [-0.4, -0.2) is 40.5 Å². The first-order valence-corrected chi connectivity index (χ1v) is 11.5. The fraction of sp³-hybridized carbons (Fsp3) is 0.192. The molecule has 2 aromatic carbocycles. The van der Waals surface area contributed by atoms with Crippen molar-refractivity contribution in [2.45, 2.75) is 25.8 Å². The molecule has 3 rings (SSSR count). The van der Waals surface area contributed by atoms with E-state index in [-0.39, 0.29) is 18.5 Å². The number of aliphatic carboxylic acids is 1. The summed E-state index contributed by atoms with van der Waals surface area (Å²) in [5, 5.41) is 17.0. The molecule has 192 valence electrons. The van der Waals surface area contributed by atoms with Crippen LogP contribution in [0.5, 0.6) is 5.75 Å². The minimum absolute atomic E-state index is 0.206. The van der Waals surface area contributed by atoms with Crippen LogP contribution in [0.25, 0.3) is 0 Å². The van der Waals surface area contributed by atoms with Crippen LogP contribution in [-0.2, 0) is 16.0 Å². The van der Waals surface area contributed by atoms with Crippen molar-refractivity contribution in [3.05, 3.63) is 89.7 Å². The molecule has 1 aromatic heterocycles. The van der Waals surface area contributed by atoms with E-state index in [9.17, 15) is 24.3 Å². The Kier molecular flexibility index (Phi) is 9.54. The van der Waals surface area contributed by atoms with Gasteiger partial charge >= 0.3 is 12.0 Å². The first-order valence-electron chi connectivity index (χ1n) is 11.5. The van der Waals surface area contributed by atoms with Gasteiger partial charge in [-0.1, -0.05) is 37.3 Å². The highest BCUT2D eigenvalue weighted by Gasteiger charge is 2.21. The van der Waals surface area contributed by atoms with Crippen molar-refractivity contribution >= 4 is 29.5 Å². The van der Waals surface area contributed by atoms with Crippen molar-refractivity contribution in [1.29, 1.82) is 0 Å². The molecule has 0 aliphatic rings. The SMILES string of the molecule is CCc1ncccc1C(CC(=O)O)NC(=O)CNC(=O)c1cccc(NC(=O)NOc2ccccc2)c1. The number of urea groups is 1. The molecule has 37 heavy (non-hydrogen) atoms. The second-order valence-corrected chi connectivity index (χ2v) is 7.85. The predicted molar refractivity (Wildman–Crippen MR) is 135 cm³/mol. The smallest absolute Gasteiger partial charge is 0.352 e. The lowest BCUT2D eigenvalue weighted by Gasteiger charge is -2.19. The van der Waals surface area contributed by atoms with Crippen LogP contribution in [0.1, 0.15) is 41.0 Å². The van der Waals surface area contributed by atoms with E-state index in [1.54, 1.807) is 54.7 Å². The number of aromatic nitrogens is 1. The van der Waals surface area contributed by atoms with Crippen LogP contribution >= 0.6 is 0 Å². The number of carbonyl (C=O) groups is 4. The molecule has 5 N–H and O–H groups in total. The molecule has 11 heteroatoms. The van der Waals surface area contributed by atoms with Gasteiger partial charge in [0.2, 0.25) is 5.91 Å². The van der Waals surface area contributed by atoms with Gasteiger partial charge in [0.25, 0.3) is 5.91 Å². The van der Waals surface area contributed by atoms with E-state index >= 15 is 0 Å². The molecule has 3 aromatic rings. The Balaban J connectivity index is 1.54. The summed E-state index contributed by atoms with van der Waals surface area (Å²) in [6.45, 7) is 1.51. The molecule has 0 saturated heterocycles. The quantitative estimate of drug-likeness (QED) is 0.251. The fourth-order valence-corrected chi connectivity index (χ4v) is 3.47. The summed E-state index contributed by atoms with van der Waals surface area (Å²) < 4.78 is 0. The fourth-order valence-electron chi connectivity index (χ4n) is 3.47. The molecule has 0 fully saturated rings. The van der Waals surface area contributed by atoms with Gasteiger partial charge in [0, 0.05) is 23.1 Å². The number of amides is 4. The van der Waals surface area contributed by atoms with E-state index in [2.05, 4.69) is 26.4 Å². The molecule has 1 atom stereocenters. The van der Waals surface area contributed by atoms with Crippen molar-refractivity contribution in [1.82, 2.24) is 21.1 Å². The number of anilines is 1. The summed E-state index contributed by atoms with van der Waals surface area (Å²) in [6, 6.07) is 16.7. The number of hydrogen-bond acceptors (Lipinski definition) is 6. The highest BCUT2D eigenvalue weighted by Crippen LogP contribution is 2.20. The number of nitrogens with zero attached hydrogens (tertiary/aromatic N) is 1. The second-order valence-electron chi connectivity index (χ2n) is 7.85. The number of carboxylic acids is 1. The summed E-state index contributed by atoms with van der Waals surface area (Å²) in [6.07, 6.45) is 1.84. The lowest BCUT2D eigenvalue weighted by atomic mass is 10.0. The molecule has 0 aliphatic heterocycles. The normalized spacial score (nSPS) is 11.1. The number of pyridine rings is 1. The zero-order chi connectivity index (χ0) is 26.6. The van der Waals surface area contributed by atoms with Crippen molar-refractivity contribution in [2.24, 2.45) is 0 Å². The lowest BCUT2D eigenvalue weighted by molar-refractivity contribution is -0.137. The third-order valence-corrected chi connectivity index (χ3v) is 5.15. The first-order chi connectivity index (χ1) is 17.9. The summed E-state index contributed by atoms with van der Waals surface area (Å²) in [7, 11) is 0. The van der Waals surface area contributed by atoms with Crippen LogP contribution in [0.15, 0.2) is 72.9 Å². The topological polar surface area (TPSA) is 159 Å². The number of rotatable bonds is 11. The minimum atomic E-state index is -1.08. The van der Waals surface area contributed by atoms with Gasteiger partial charge in [-0.2, -0.15) is 5.48 Å². The Hall–Kier alpha value is -4.93. The van der Waals surface area contributed by atoms with E-state index < -0.39 is 29.9 Å². The second kappa shape index (κ2) is 13.2. The Morgan fingerprint density at radius 1 is 1.00 bits per heavy atom. The van der Waals surface area contributed by atoms with Gasteiger partial charge in [0.15, 0.2) is 5.75 Å². The summed E-state index contributed by atoms with van der Waals surface area (Å²) in [5.74, 6) is -1.74. The van der Waals surface area contributed by atoms with Crippen LogP contribution < -0.4 is 26.3 Å². The predicted octanol–water partition coefficient (Wildman–Crippen LogP) is 2.82. The molecule has 11 nitrogen and oxygen atoms in total. The molecule has 4 amide bonds. The molecule has 1 heterocycles. The Morgan fingerprint density at radius 3 is 2.51 bits per heavy atom. The van der Waals surface area contributed by atoms with E-state index in [0.717, 1.165) is 0 Å². The van der Waals surface area contributed by atoms with Crippen molar-refractivity contribution in [2.75, 3.05) is 11.9 Å². The molecule has 0 aliphatic carbocycles. The highest BCUT2D eigenvalue weighted by atomic mass is 16.7. The number of hydrogen-bond donors (Lipinski definition) is 5. The van der Waals surface area contributed by atoms with Crippen LogP contribution in [0, 0.1) is 0 Å². The van der Waals surface area contributed by atoms with Crippen molar-refractivity contribution in [3.8, 4) is 5.75 Å². The van der Waals surface area contributed by atoms with E-state index in [1.165, 1.54) is 12.1 Å².